The van der Waals surface area contributed by atoms with E-state index in [4.69, 9.17) is 8.47 Å². The molecule has 1 saturated heterocycles. The molecule has 2 aromatic rings. The first-order chi connectivity index (χ1) is 12.4. The molecule has 0 spiro atoms. The Morgan fingerprint density at radius 1 is 1.08 bits per heavy atom. The van der Waals surface area contributed by atoms with Crippen LogP contribution in [0.25, 0.3) is 6.08 Å². The lowest BCUT2D eigenvalue weighted by atomic mass is 10.1. The van der Waals surface area contributed by atoms with Crippen LogP contribution in [0, 0.1) is 21.7 Å². The first kappa shape index (κ1) is 17.9. The molecule has 1 atom stereocenters. The summed E-state index contributed by atoms with van der Waals surface area (Å²) in [5.41, 5.74) is 2.76. The molecule has 2 aliphatic heterocycles. The van der Waals surface area contributed by atoms with Gasteiger partial charge in [-0.25, -0.2) is 0 Å². The van der Waals surface area contributed by atoms with Crippen LogP contribution in [-0.2, 0) is 8.47 Å². The molecule has 4 rings (SSSR count). The fourth-order valence-corrected chi connectivity index (χ4v) is 5.97. The number of nitrogens with zero attached hydrogens (tertiary/aromatic N) is 1. The number of benzene rings is 2. The van der Waals surface area contributed by atoms with Crippen LogP contribution < -0.4 is 24.1 Å². The summed E-state index contributed by atoms with van der Waals surface area (Å²) >= 11 is 0. The molecule has 2 aliphatic rings. The van der Waals surface area contributed by atoms with Gasteiger partial charge in [-0.1, -0.05) is 24.3 Å². The monoisotopic (exact) mass is 395 g/mol. The highest BCUT2D eigenvalue weighted by Crippen LogP contribution is 2.39. The highest BCUT2D eigenvalue weighted by molar-refractivity contribution is 8.05. The average molecular weight is 396 g/mol. The number of halogens is 1. The molecule has 0 aliphatic carbocycles. The van der Waals surface area contributed by atoms with Gasteiger partial charge in [-0.05, 0) is 36.3 Å². The van der Waals surface area contributed by atoms with Gasteiger partial charge in [0.15, 0.2) is 0 Å². The highest BCUT2D eigenvalue weighted by atomic mass is 35.7. The quantitative estimate of drug-likeness (QED) is 0.643. The normalized spacial score (nSPS) is 19.5. The van der Waals surface area contributed by atoms with E-state index in [-0.39, 0.29) is 0 Å². The molecule has 0 amide bonds. The molecular weight excluding hydrogens is 378 g/mol. The van der Waals surface area contributed by atoms with Crippen molar-refractivity contribution in [2.75, 3.05) is 31.2 Å². The number of ether oxygens (including phenoxy) is 1. The number of hydrogen-bond acceptors (Lipinski definition) is 6. The molecule has 0 saturated carbocycles. The van der Waals surface area contributed by atoms with Crippen LogP contribution in [0.5, 0.6) is 0 Å². The summed E-state index contributed by atoms with van der Waals surface area (Å²) in [5, 5.41) is 0.910. The first-order valence-electron chi connectivity index (χ1n) is 8.19. The van der Waals surface area contributed by atoms with E-state index in [1.165, 1.54) is 0 Å². The Bertz CT molecular complexity index is 967. The summed E-state index contributed by atoms with van der Waals surface area (Å²) in [6.45, 7) is 4.72. The van der Waals surface area contributed by atoms with Crippen LogP contribution in [0.3, 0.4) is 0 Å². The third kappa shape index (κ3) is 3.39. The minimum atomic E-state index is -4.55. The average Bonchev–Trinajstić information content (AvgIpc) is 2.61. The third-order valence-corrected chi connectivity index (χ3v) is 7.27. The van der Waals surface area contributed by atoms with E-state index in [1.54, 1.807) is 6.07 Å². The molecule has 1 unspecified atom stereocenters. The second-order valence-electron chi connectivity index (χ2n) is 6.14. The summed E-state index contributed by atoms with van der Waals surface area (Å²) in [6, 6.07) is 11.4. The SMILES string of the molecule is Cc1ccc(N2CCOCC2)c2c1=S(O[Cl+3]([O-])([O-])[O-])c1ccccc1C=2. The smallest absolute Gasteiger partial charge is 0.148 e. The van der Waals surface area contributed by atoms with E-state index in [9.17, 15) is 14.0 Å². The molecule has 26 heavy (non-hydrogen) atoms. The molecule has 2 aromatic carbocycles. The van der Waals surface area contributed by atoms with Gasteiger partial charge in [0, 0.05) is 24.0 Å². The van der Waals surface area contributed by atoms with Crippen LogP contribution in [0.4, 0.5) is 5.69 Å². The van der Waals surface area contributed by atoms with E-state index in [1.807, 2.05) is 43.3 Å². The second-order valence-corrected chi connectivity index (χ2v) is 8.78. The number of fused-ring (bicyclic) bond motifs is 2. The minimum absolute atomic E-state index is 0.648. The van der Waals surface area contributed by atoms with Crippen LogP contribution in [0.2, 0.25) is 0 Å². The summed E-state index contributed by atoms with van der Waals surface area (Å²) in [5.74, 6) is 0. The summed E-state index contributed by atoms with van der Waals surface area (Å²) in [6.07, 6.45) is 2.05. The van der Waals surface area contributed by atoms with Crippen molar-refractivity contribution in [2.45, 2.75) is 11.8 Å². The van der Waals surface area contributed by atoms with Gasteiger partial charge >= 0.3 is 0 Å². The number of hydrogen-bond donors (Lipinski definition) is 0. The van der Waals surface area contributed by atoms with Gasteiger partial charge in [-0.15, -0.1) is 0 Å². The second kappa shape index (κ2) is 6.94. The van der Waals surface area contributed by atoms with E-state index in [0.717, 1.165) is 39.6 Å². The Hall–Kier alpha value is -1.45. The van der Waals surface area contributed by atoms with Crippen molar-refractivity contribution < 1.29 is 32.7 Å². The Balaban J connectivity index is 2.02. The van der Waals surface area contributed by atoms with Crippen molar-refractivity contribution >= 4 is 22.5 Å². The fraction of sp³-hybridized carbons (Fsp3) is 0.278. The summed E-state index contributed by atoms with van der Waals surface area (Å²) in [4.78, 5) is 2.92. The van der Waals surface area contributed by atoms with Gasteiger partial charge in [0.25, 0.3) is 0 Å². The Morgan fingerprint density at radius 3 is 2.54 bits per heavy atom. The standard InChI is InChI=1S/C18H18ClNO5S/c1-13-6-7-16(20-8-10-24-11-9-20)15-12-14-4-2-3-5-17(14)26(18(13)15)25-19(21,22)23/h2-7,12H,8-11H2,1H3. The molecule has 0 aromatic heterocycles. The third-order valence-electron chi connectivity index (χ3n) is 4.47. The Labute approximate surface area is 155 Å². The van der Waals surface area contributed by atoms with Crippen molar-refractivity contribution in [1.82, 2.24) is 0 Å². The van der Waals surface area contributed by atoms with Crippen LogP contribution in [0.15, 0.2) is 41.3 Å². The zero-order chi connectivity index (χ0) is 18.3. The lowest BCUT2D eigenvalue weighted by Gasteiger charge is -2.30. The molecule has 1 fully saturated rings. The Morgan fingerprint density at radius 2 is 1.81 bits per heavy atom. The summed E-state index contributed by atoms with van der Waals surface area (Å²) in [7, 11) is -5.84. The maximum atomic E-state index is 11.4. The van der Waals surface area contributed by atoms with E-state index in [2.05, 4.69) is 4.90 Å². The fourth-order valence-electron chi connectivity index (χ4n) is 3.34. The zero-order valence-corrected chi connectivity index (χ0v) is 15.7. The van der Waals surface area contributed by atoms with E-state index >= 15 is 0 Å². The van der Waals surface area contributed by atoms with Crippen LogP contribution >= 0.6 is 10.8 Å². The number of morpholine rings is 1. The molecule has 138 valence electrons. The van der Waals surface area contributed by atoms with Crippen molar-refractivity contribution in [1.29, 1.82) is 0 Å². The van der Waals surface area contributed by atoms with Gasteiger partial charge in [0.2, 0.25) is 0 Å². The van der Waals surface area contributed by atoms with Crippen LogP contribution in [-0.4, -0.2) is 26.3 Å². The number of aryl methyl sites for hydroxylation is 1. The molecule has 6 nitrogen and oxygen atoms in total. The number of rotatable bonds is 3. The van der Waals surface area contributed by atoms with Crippen molar-refractivity contribution in [3.05, 3.63) is 57.3 Å². The maximum absolute atomic E-state index is 11.4. The van der Waals surface area contributed by atoms with Gasteiger partial charge in [-0.2, -0.15) is 14.0 Å². The Kier molecular flexibility index (Phi) is 4.79. The van der Waals surface area contributed by atoms with Crippen molar-refractivity contribution in [3.63, 3.8) is 0 Å². The maximum Gasteiger partial charge on any atom is 0.148 e. The molecule has 0 radical (unpaired) electrons. The predicted octanol–water partition coefficient (Wildman–Crippen LogP) is -0.618. The molecular formula is C18H18ClNO5S. The lowest BCUT2D eigenvalue weighted by Crippen LogP contribution is -2.60. The zero-order valence-electron chi connectivity index (χ0n) is 14.1. The van der Waals surface area contributed by atoms with Crippen molar-refractivity contribution in [3.8, 4) is 0 Å². The van der Waals surface area contributed by atoms with E-state index < -0.39 is 21.0 Å². The molecule has 8 heteroatoms. The first-order valence-corrected chi connectivity index (χ1v) is 10.6. The minimum Gasteiger partial charge on any atom is -0.378 e. The molecule has 0 N–H and O–H groups in total. The summed E-state index contributed by atoms with van der Waals surface area (Å²) < 4.78 is 45.3. The predicted molar refractivity (Wildman–Crippen MR) is 89.6 cm³/mol. The van der Waals surface area contributed by atoms with Crippen LogP contribution in [0.1, 0.15) is 11.1 Å². The molecule has 2 heterocycles. The van der Waals surface area contributed by atoms with Crippen molar-refractivity contribution in [2.24, 2.45) is 0 Å². The highest BCUT2D eigenvalue weighted by Gasteiger charge is 2.29. The van der Waals surface area contributed by atoms with Gasteiger partial charge < -0.3 is 9.64 Å². The number of anilines is 1. The largest absolute Gasteiger partial charge is 0.378 e. The van der Waals surface area contributed by atoms with E-state index in [0.29, 0.717) is 18.1 Å². The molecule has 0 bridgehead atoms. The van der Waals surface area contributed by atoms with Gasteiger partial charge in [-0.3, -0.25) is 0 Å². The lowest BCUT2D eigenvalue weighted by molar-refractivity contribution is -1.91. The topological polar surface area (TPSA) is 90.9 Å². The van der Waals surface area contributed by atoms with Gasteiger partial charge in [0.05, 0.1) is 32.9 Å². The van der Waals surface area contributed by atoms with Gasteiger partial charge in [0.1, 0.15) is 14.5 Å².